The third-order valence-electron chi connectivity index (χ3n) is 4.10. The molecule has 0 radical (unpaired) electrons. The SMILES string of the molecule is Cc1nccn1-c1cnn(C(CCOC(F)F)c2ccc(B(O)O)cn2)c1. The highest BCUT2D eigenvalue weighted by atomic mass is 19.3. The van der Waals surface area contributed by atoms with Gasteiger partial charge in [0.15, 0.2) is 0 Å². The molecule has 11 heteroatoms. The van der Waals surface area contributed by atoms with Gasteiger partial charge in [0.05, 0.1) is 30.2 Å². The van der Waals surface area contributed by atoms with Crippen LogP contribution >= 0.6 is 0 Å². The molecule has 0 bridgehead atoms. The third kappa shape index (κ3) is 4.56. The first-order valence-electron chi connectivity index (χ1n) is 8.22. The lowest BCUT2D eigenvalue weighted by atomic mass is 9.81. The van der Waals surface area contributed by atoms with E-state index < -0.39 is 19.8 Å². The minimum Gasteiger partial charge on any atom is -0.423 e. The van der Waals surface area contributed by atoms with E-state index in [1.54, 1.807) is 35.5 Å². The van der Waals surface area contributed by atoms with E-state index in [0.717, 1.165) is 11.5 Å². The number of aryl methyl sites for hydroxylation is 1. The average Bonchev–Trinajstić information content (AvgIpc) is 3.27. The maximum atomic E-state index is 12.3. The maximum Gasteiger partial charge on any atom is 0.490 e. The van der Waals surface area contributed by atoms with Gasteiger partial charge in [-0.05, 0) is 19.4 Å². The fourth-order valence-electron chi connectivity index (χ4n) is 2.72. The number of ether oxygens (including phenoxy) is 1. The van der Waals surface area contributed by atoms with Crippen molar-refractivity contribution in [3.63, 3.8) is 0 Å². The molecule has 2 N–H and O–H groups in total. The molecule has 27 heavy (non-hydrogen) atoms. The Morgan fingerprint density at radius 1 is 1.22 bits per heavy atom. The summed E-state index contributed by atoms with van der Waals surface area (Å²) >= 11 is 0. The summed E-state index contributed by atoms with van der Waals surface area (Å²) in [6, 6.07) is 2.65. The molecule has 0 aromatic carbocycles. The average molecular weight is 377 g/mol. The molecule has 8 nitrogen and oxygen atoms in total. The predicted molar refractivity (Wildman–Crippen MR) is 92.9 cm³/mol. The number of hydrogen-bond donors (Lipinski definition) is 2. The molecule has 0 saturated carbocycles. The lowest BCUT2D eigenvalue weighted by Gasteiger charge is -2.17. The van der Waals surface area contributed by atoms with Gasteiger partial charge in [0.25, 0.3) is 0 Å². The van der Waals surface area contributed by atoms with Gasteiger partial charge in [0, 0.05) is 30.3 Å². The van der Waals surface area contributed by atoms with Crippen LogP contribution in [0.4, 0.5) is 8.78 Å². The summed E-state index contributed by atoms with van der Waals surface area (Å²) in [7, 11) is -1.63. The van der Waals surface area contributed by atoms with Gasteiger partial charge < -0.3 is 19.4 Å². The maximum absolute atomic E-state index is 12.3. The summed E-state index contributed by atoms with van der Waals surface area (Å²) in [6.45, 7) is -1.19. The third-order valence-corrected chi connectivity index (χ3v) is 4.10. The first kappa shape index (κ1) is 19.1. The molecule has 0 aliphatic carbocycles. The van der Waals surface area contributed by atoms with Crippen molar-refractivity contribution in [1.82, 2.24) is 24.3 Å². The van der Waals surface area contributed by atoms with Crippen molar-refractivity contribution in [3.05, 3.63) is 54.6 Å². The molecule has 3 rings (SSSR count). The molecule has 3 aromatic heterocycles. The van der Waals surface area contributed by atoms with Crippen LogP contribution in [0.3, 0.4) is 0 Å². The molecule has 1 unspecified atom stereocenters. The summed E-state index contributed by atoms with van der Waals surface area (Å²) < 4.78 is 32.5. The van der Waals surface area contributed by atoms with Crippen molar-refractivity contribution in [3.8, 4) is 5.69 Å². The fraction of sp³-hybridized carbons (Fsp3) is 0.312. The molecule has 0 fully saturated rings. The van der Waals surface area contributed by atoms with E-state index in [2.05, 4.69) is 19.8 Å². The zero-order valence-electron chi connectivity index (χ0n) is 14.5. The lowest BCUT2D eigenvalue weighted by molar-refractivity contribution is -0.130. The van der Waals surface area contributed by atoms with Crippen molar-refractivity contribution < 1.29 is 23.6 Å². The number of halogens is 2. The van der Waals surface area contributed by atoms with E-state index >= 15 is 0 Å². The molecule has 3 heterocycles. The summed E-state index contributed by atoms with van der Waals surface area (Å²) in [5, 5.41) is 22.7. The second-order valence-electron chi connectivity index (χ2n) is 5.85. The van der Waals surface area contributed by atoms with E-state index in [0.29, 0.717) is 5.69 Å². The van der Waals surface area contributed by atoms with Crippen LogP contribution in [-0.2, 0) is 4.74 Å². The van der Waals surface area contributed by atoms with Crippen molar-refractivity contribution in [2.75, 3.05) is 6.61 Å². The van der Waals surface area contributed by atoms with Crippen molar-refractivity contribution in [1.29, 1.82) is 0 Å². The Morgan fingerprint density at radius 3 is 2.63 bits per heavy atom. The quantitative estimate of drug-likeness (QED) is 0.560. The molecule has 0 saturated heterocycles. The van der Waals surface area contributed by atoms with Crippen LogP contribution in [0.15, 0.2) is 43.1 Å². The standard InChI is InChI=1S/C16H18BF2N5O3/c1-11-20-5-6-23(11)13-9-22-24(10-13)15(4-7-27-16(18)19)14-3-2-12(8-21-14)17(25)26/h2-3,5-6,8-10,15-16,25-26H,4,7H2,1H3. The number of aromatic nitrogens is 5. The van der Waals surface area contributed by atoms with Gasteiger partial charge in [-0.25, -0.2) is 4.98 Å². The van der Waals surface area contributed by atoms with Gasteiger partial charge in [0.1, 0.15) is 5.82 Å². The summed E-state index contributed by atoms with van der Waals surface area (Å²) in [5.74, 6) is 0.784. The first-order valence-corrected chi connectivity index (χ1v) is 8.22. The number of imidazole rings is 1. The highest BCUT2D eigenvalue weighted by Crippen LogP contribution is 2.21. The molecule has 0 spiro atoms. The van der Waals surface area contributed by atoms with E-state index in [4.69, 9.17) is 0 Å². The van der Waals surface area contributed by atoms with Crippen molar-refractivity contribution in [2.24, 2.45) is 0 Å². The summed E-state index contributed by atoms with van der Waals surface area (Å²) in [5.41, 5.74) is 1.54. The van der Waals surface area contributed by atoms with Gasteiger partial charge in [-0.15, -0.1) is 0 Å². The molecule has 3 aromatic rings. The summed E-state index contributed by atoms with van der Waals surface area (Å²) in [4.78, 5) is 8.38. The van der Waals surface area contributed by atoms with E-state index in [-0.39, 0.29) is 18.5 Å². The van der Waals surface area contributed by atoms with Crippen LogP contribution in [0, 0.1) is 6.92 Å². The van der Waals surface area contributed by atoms with Crippen LogP contribution in [0.5, 0.6) is 0 Å². The molecule has 0 amide bonds. The highest BCUT2D eigenvalue weighted by Gasteiger charge is 2.20. The molecule has 142 valence electrons. The van der Waals surface area contributed by atoms with Crippen LogP contribution in [0.25, 0.3) is 5.69 Å². The van der Waals surface area contributed by atoms with Gasteiger partial charge in [-0.1, -0.05) is 6.07 Å². The second kappa shape index (κ2) is 8.38. The smallest absolute Gasteiger partial charge is 0.423 e. The largest absolute Gasteiger partial charge is 0.490 e. The van der Waals surface area contributed by atoms with Gasteiger partial charge in [-0.2, -0.15) is 13.9 Å². The Labute approximate surface area is 154 Å². The minimum atomic E-state index is -2.85. The highest BCUT2D eigenvalue weighted by molar-refractivity contribution is 6.58. The molecular weight excluding hydrogens is 359 g/mol. The first-order chi connectivity index (χ1) is 13.0. The number of hydrogen-bond acceptors (Lipinski definition) is 6. The molecular formula is C16H18BF2N5O3. The van der Waals surface area contributed by atoms with Crippen molar-refractivity contribution >= 4 is 12.6 Å². The lowest BCUT2D eigenvalue weighted by Crippen LogP contribution is -2.30. The van der Waals surface area contributed by atoms with Gasteiger partial charge in [0.2, 0.25) is 0 Å². The normalized spacial score (nSPS) is 12.5. The Kier molecular flexibility index (Phi) is 5.94. The van der Waals surface area contributed by atoms with Crippen LogP contribution in [0.2, 0.25) is 0 Å². The monoisotopic (exact) mass is 377 g/mol. The zero-order chi connectivity index (χ0) is 19.4. The fourth-order valence-corrected chi connectivity index (χ4v) is 2.72. The topological polar surface area (TPSA) is 98.2 Å². The van der Waals surface area contributed by atoms with Crippen LogP contribution in [-0.4, -0.2) is 54.7 Å². The predicted octanol–water partition coefficient (Wildman–Crippen LogP) is 0.671. The van der Waals surface area contributed by atoms with Gasteiger partial charge >= 0.3 is 13.7 Å². The Morgan fingerprint density at radius 2 is 2.04 bits per heavy atom. The molecule has 1 atom stereocenters. The van der Waals surface area contributed by atoms with E-state index in [9.17, 15) is 18.8 Å². The molecule has 0 aliphatic heterocycles. The number of pyridine rings is 1. The van der Waals surface area contributed by atoms with Gasteiger partial charge in [-0.3, -0.25) is 9.67 Å². The van der Waals surface area contributed by atoms with E-state index in [1.807, 2.05) is 11.5 Å². The second-order valence-corrected chi connectivity index (χ2v) is 5.85. The Hall–Kier alpha value is -2.63. The molecule has 0 aliphatic rings. The zero-order valence-corrected chi connectivity index (χ0v) is 14.5. The van der Waals surface area contributed by atoms with Crippen LogP contribution < -0.4 is 5.46 Å². The van der Waals surface area contributed by atoms with Crippen molar-refractivity contribution in [2.45, 2.75) is 26.0 Å². The van der Waals surface area contributed by atoms with E-state index in [1.165, 1.54) is 12.3 Å². The number of alkyl halides is 2. The Balaban J connectivity index is 1.87. The Bertz CT molecular complexity index is 869. The summed E-state index contributed by atoms with van der Waals surface area (Å²) in [6.07, 6.45) is 8.40. The minimum absolute atomic E-state index is 0.187. The van der Waals surface area contributed by atoms with Crippen LogP contribution in [0.1, 0.15) is 24.0 Å². The number of rotatable bonds is 8. The number of nitrogens with zero attached hydrogens (tertiary/aromatic N) is 5.